The topological polar surface area (TPSA) is 48.1 Å². The predicted octanol–water partition coefficient (Wildman–Crippen LogP) is 2.79. The highest BCUT2D eigenvalue weighted by Crippen LogP contribution is 2.21. The number of benzene rings is 1. The summed E-state index contributed by atoms with van der Waals surface area (Å²) in [6.07, 6.45) is 3.87. The molecule has 1 N–H and O–H groups in total. The summed E-state index contributed by atoms with van der Waals surface area (Å²) in [4.78, 5) is 19.4. The van der Waals surface area contributed by atoms with Gasteiger partial charge in [0.25, 0.3) is 0 Å². The first-order valence-corrected chi connectivity index (χ1v) is 10.2. The Kier molecular flexibility index (Phi) is 6.47. The van der Waals surface area contributed by atoms with Crippen LogP contribution in [-0.4, -0.2) is 74.3 Å². The molecule has 2 aliphatic heterocycles. The molecule has 0 spiro atoms. The molecule has 0 atom stereocenters. The summed E-state index contributed by atoms with van der Waals surface area (Å²) in [6, 6.07) is 8.19. The predicted molar refractivity (Wildman–Crippen MR) is 110 cm³/mol. The minimum Gasteiger partial charge on any atom is -0.497 e. The summed E-state index contributed by atoms with van der Waals surface area (Å²) < 4.78 is 5.22. The molecule has 3 rings (SSSR count). The molecule has 0 radical (unpaired) electrons. The molecule has 150 valence electrons. The van der Waals surface area contributed by atoms with Gasteiger partial charge in [0.2, 0.25) is 0 Å². The molecule has 2 saturated heterocycles. The summed E-state index contributed by atoms with van der Waals surface area (Å²) in [7, 11) is 1.68. The van der Waals surface area contributed by atoms with Gasteiger partial charge in [-0.05, 0) is 64.0 Å². The lowest BCUT2D eigenvalue weighted by molar-refractivity contribution is 0.0937. The highest BCUT2D eigenvalue weighted by atomic mass is 16.5. The van der Waals surface area contributed by atoms with Gasteiger partial charge in [0.1, 0.15) is 5.75 Å². The minimum absolute atomic E-state index is 0.0149. The van der Waals surface area contributed by atoms with Crippen molar-refractivity contribution in [3.8, 4) is 5.75 Å². The van der Waals surface area contributed by atoms with E-state index in [-0.39, 0.29) is 11.6 Å². The molecule has 27 heavy (non-hydrogen) atoms. The first-order valence-electron chi connectivity index (χ1n) is 10.2. The van der Waals surface area contributed by atoms with E-state index in [1.165, 1.54) is 24.9 Å². The summed E-state index contributed by atoms with van der Waals surface area (Å²) in [5.74, 6) is 0.869. The Bertz CT molecular complexity index is 603. The van der Waals surface area contributed by atoms with Crippen LogP contribution < -0.4 is 15.0 Å². The molecule has 0 saturated carbocycles. The monoisotopic (exact) mass is 374 g/mol. The van der Waals surface area contributed by atoms with Gasteiger partial charge in [-0.15, -0.1) is 0 Å². The minimum atomic E-state index is 0.0149. The number of hydrogen-bond donors (Lipinski definition) is 1. The van der Waals surface area contributed by atoms with Crippen molar-refractivity contribution in [3.05, 3.63) is 24.3 Å². The van der Waals surface area contributed by atoms with E-state index in [1.54, 1.807) is 7.11 Å². The second kappa shape index (κ2) is 8.83. The van der Waals surface area contributed by atoms with Crippen molar-refractivity contribution in [1.29, 1.82) is 0 Å². The van der Waals surface area contributed by atoms with Crippen LogP contribution in [0.1, 0.15) is 33.1 Å². The van der Waals surface area contributed by atoms with E-state index < -0.39 is 0 Å². The van der Waals surface area contributed by atoms with Crippen LogP contribution >= 0.6 is 0 Å². The Morgan fingerprint density at radius 3 is 2.22 bits per heavy atom. The van der Waals surface area contributed by atoms with Gasteiger partial charge in [-0.25, -0.2) is 4.79 Å². The lowest BCUT2D eigenvalue weighted by Crippen LogP contribution is -2.57. The van der Waals surface area contributed by atoms with Crippen molar-refractivity contribution in [2.24, 2.45) is 0 Å². The molecule has 2 amide bonds. The van der Waals surface area contributed by atoms with Crippen molar-refractivity contribution in [1.82, 2.24) is 15.1 Å². The lowest BCUT2D eigenvalue weighted by atomic mass is 9.98. The number of amides is 2. The number of carbonyl (C=O) groups is 1. The number of piperazine rings is 1. The number of rotatable bonds is 5. The number of hydrogen-bond acceptors (Lipinski definition) is 4. The highest BCUT2D eigenvalue weighted by molar-refractivity contribution is 5.74. The van der Waals surface area contributed by atoms with Crippen molar-refractivity contribution in [2.45, 2.75) is 38.6 Å². The van der Waals surface area contributed by atoms with Gasteiger partial charge in [-0.3, -0.25) is 4.90 Å². The van der Waals surface area contributed by atoms with Crippen molar-refractivity contribution in [3.63, 3.8) is 0 Å². The maximum Gasteiger partial charge on any atom is 0.317 e. The van der Waals surface area contributed by atoms with Crippen LogP contribution in [0.15, 0.2) is 24.3 Å². The number of nitrogens with one attached hydrogen (secondary N) is 1. The normalized spacial score (nSPS) is 19.1. The second-order valence-electron chi connectivity index (χ2n) is 8.19. The quantitative estimate of drug-likeness (QED) is 0.861. The Balaban J connectivity index is 1.45. The average Bonchev–Trinajstić information content (AvgIpc) is 2.73. The summed E-state index contributed by atoms with van der Waals surface area (Å²) in [5.41, 5.74) is 1.20. The van der Waals surface area contributed by atoms with Crippen molar-refractivity contribution in [2.75, 3.05) is 57.8 Å². The molecule has 6 nitrogen and oxygen atoms in total. The highest BCUT2D eigenvalue weighted by Gasteiger charge is 2.29. The molecule has 6 heteroatoms. The zero-order valence-electron chi connectivity index (χ0n) is 17.0. The molecule has 2 aliphatic rings. The van der Waals surface area contributed by atoms with Gasteiger partial charge >= 0.3 is 6.03 Å². The summed E-state index contributed by atoms with van der Waals surface area (Å²) in [6.45, 7) is 10.7. The fourth-order valence-corrected chi connectivity index (χ4v) is 3.98. The van der Waals surface area contributed by atoms with Crippen LogP contribution in [0.3, 0.4) is 0 Å². The van der Waals surface area contributed by atoms with Crippen LogP contribution in [0.4, 0.5) is 10.5 Å². The van der Waals surface area contributed by atoms with E-state index in [4.69, 9.17) is 4.74 Å². The fraction of sp³-hybridized carbons (Fsp3) is 0.667. The molecule has 1 aromatic rings. The molecule has 1 aromatic carbocycles. The molecule has 0 aromatic heterocycles. The number of carbonyl (C=O) groups excluding carboxylic acids is 1. The van der Waals surface area contributed by atoms with Gasteiger partial charge in [-0.2, -0.15) is 0 Å². The maximum absolute atomic E-state index is 12.6. The number of anilines is 1. The van der Waals surface area contributed by atoms with Crippen molar-refractivity contribution < 1.29 is 9.53 Å². The van der Waals surface area contributed by atoms with E-state index in [2.05, 4.69) is 41.1 Å². The zero-order chi connectivity index (χ0) is 19.3. The molecular formula is C21H34N4O2. The molecule has 2 fully saturated rings. The van der Waals surface area contributed by atoms with Crippen LogP contribution in [0.2, 0.25) is 0 Å². The number of methoxy groups -OCH3 is 1. The average molecular weight is 375 g/mol. The van der Waals surface area contributed by atoms with Gasteiger partial charge < -0.3 is 19.9 Å². The van der Waals surface area contributed by atoms with Crippen LogP contribution in [0.5, 0.6) is 5.75 Å². The van der Waals surface area contributed by atoms with E-state index in [1.807, 2.05) is 17.0 Å². The molecule has 0 aliphatic carbocycles. The second-order valence-corrected chi connectivity index (χ2v) is 8.19. The zero-order valence-corrected chi connectivity index (χ0v) is 17.0. The first-order chi connectivity index (χ1) is 13.0. The first kappa shape index (κ1) is 19.8. The number of nitrogens with zero attached hydrogens (tertiary/aromatic N) is 3. The van der Waals surface area contributed by atoms with Gasteiger partial charge in [0, 0.05) is 44.0 Å². The van der Waals surface area contributed by atoms with E-state index in [0.29, 0.717) is 6.54 Å². The molecule has 2 heterocycles. The Morgan fingerprint density at radius 1 is 1.00 bits per heavy atom. The lowest BCUT2D eigenvalue weighted by Gasteiger charge is -2.42. The summed E-state index contributed by atoms with van der Waals surface area (Å²) >= 11 is 0. The molecular weight excluding hydrogens is 340 g/mol. The van der Waals surface area contributed by atoms with Crippen LogP contribution in [0.25, 0.3) is 0 Å². The molecule has 0 unspecified atom stereocenters. The van der Waals surface area contributed by atoms with Gasteiger partial charge in [0.15, 0.2) is 0 Å². The fourth-order valence-electron chi connectivity index (χ4n) is 3.98. The van der Waals surface area contributed by atoms with Crippen molar-refractivity contribution >= 4 is 11.7 Å². The molecule has 0 bridgehead atoms. The van der Waals surface area contributed by atoms with Gasteiger partial charge in [-0.1, -0.05) is 6.42 Å². The largest absolute Gasteiger partial charge is 0.497 e. The van der Waals surface area contributed by atoms with E-state index in [0.717, 1.165) is 45.0 Å². The SMILES string of the molecule is COc1ccc(N2CCN(C(=O)NCC(C)(C)N3CCCCC3)CC2)cc1. The van der Waals surface area contributed by atoms with Crippen LogP contribution in [-0.2, 0) is 0 Å². The smallest absolute Gasteiger partial charge is 0.317 e. The maximum atomic E-state index is 12.6. The third-order valence-corrected chi connectivity index (χ3v) is 5.89. The Morgan fingerprint density at radius 2 is 1.63 bits per heavy atom. The third-order valence-electron chi connectivity index (χ3n) is 5.89. The number of piperidine rings is 1. The van der Waals surface area contributed by atoms with E-state index in [9.17, 15) is 4.79 Å². The van der Waals surface area contributed by atoms with Gasteiger partial charge in [0.05, 0.1) is 7.11 Å². The summed E-state index contributed by atoms with van der Waals surface area (Å²) in [5, 5.41) is 3.17. The standard InChI is InChI=1S/C21H34N4O2/c1-21(2,25-11-5-4-6-12-25)17-22-20(26)24-15-13-23(14-16-24)18-7-9-19(27-3)10-8-18/h7-10H,4-6,11-17H2,1-3H3,(H,22,26). The Labute approximate surface area is 163 Å². The van der Waals surface area contributed by atoms with Crippen LogP contribution in [0, 0.1) is 0 Å². The Hall–Kier alpha value is -1.95. The number of ether oxygens (including phenoxy) is 1. The van der Waals surface area contributed by atoms with E-state index >= 15 is 0 Å². The third kappa shape index (κ3) is 5.06. The number of likely N-dealkylation sites (tertiary alicyclic amines) is 1. The number of urea groups is 1.